The number of anilines is 1. The van der Waals surface area contributed by atoms with E-state index in [1.165, 1.54) is 0 Å². The molecule has 0 unspecified atom stereocenters. The molecule has 0 aliphatic carbocycles. The molecule has 0 fully saturated rings. The second-order valence-corrected chi connectivity index (χ2v) is 5.88. The largest absolute Gasteiger partial charge is 0.358 e. The van der Waals surface area contributed by atoms with E-state index in [9.17, 15) is 0 Å². The quantitative estimate of drug-likeness (QED) is 0.692. The zero-order valence-electron chi connectivity index (χ0n) is 13.5. The zero-order chi connectivity index (χ0) is 17.5. The van der Waals surface area contributed by atoms with E-state index in [2.05, 4.69) is 33.8 Å². The molecule has 3 aromatic rings. The predicted molar refractivity (Wildman–Crippen MR) is 102 cm³/mol. The van der Waals surface area contributed by atoms with Crippen molar-refractivity contribution in [2.75, 3.05) is 5.32 Å². The van der Waals surface area contributed by atoms with Crippen LogP contribution in [0.5, 0.6) is 0 Å². The summed E-state index contributed by atoms with van der Waals surface area (Å²) in [7, 11) is 0. The van der Waals surface area contributed by atoms with Gasteiger partial charge in [0.05, 0.1) is 18.8 Å². The average Bonchev–Trinajstić information content (AvgIpc) is 3.17. The minimum atomic E-state index is 0.415. The summed E-state index contributed by atoms with van der Waals surface area (Å²) in [5.41, 5.74) is 4.09. The first kappa shape index (κ1) is 16.7. The van der Waals surface area contributed by atoms with Crippen LogP contribution in [0.25, 0.3) is 5.69 Å². The van der Waals surface area contributed by atoms with Crippen LogP contribution in [0.2, 0.25) is 0 Å². The van der Waals surface area contributed by atoms with Crippen molar-refractivity contribution < 1.29 is 0 Å². The Bertz CT molecular complexity index is 862. The summed E-state index contributed by atoms with van der Waals surface area (Å²) in [5.74, 6) is 0. The third kappa shape index (κ3) is 4.66. The number of thiocarbonyl (C=S) groups is 1. The van der Waals surface area contributed by atoms with Crippen molar-refractivity contribution in [2.45, 2.75) is 13.0 Å². The van der Waals surface area contributed by atoms with Gasteiger partial charge in [0.25, 0.3) is 0 Å². The summed E-state index contributed by atoms with van der Waals surface area (Å²) in [6.45, 7) is 0.641. The Morgan fingerprint density at radius 3 is 2.44 bits per heavy atom. The van der Waals surface area contributed by atoms with Crippen molar-refractivity contribution in [3.05, 3.63) is 78.4 Å². The fourth-order valence-electron chi connectivity index (χ4n) is 2.35. The number of aromatic nitrogens is 2. The van der Waals surface area contributed by atoms with Crippen LogP contribution in [0.1, 0.15) is 11.1 Å². The van der Waals surface area contributed by atoms with Crippen molar-refractivity contribution in [1.82, 2.24) is 14.9 Å². The van der Waals surface area contributed by atoms with Crippen LogP contribution < -0.4 is 10.6 Å². The van der Waals surface area contributed by atoms with Crippen molar-refractivity contribution >= 4 is 23.0 Å². The van der Waals surface area contributed by atoms with Gasteiger partial charge >= 0.3 is 0 Å². The molecule has 1 aromatic heterocycles. The highest BCUT2D eigenvalue weighted by molar-refractivity contribution is 7.80. The van der Waals surface area contributed by atoms with Gasteiger partial charge in [-0.05, 0) is 47.6 Å². The number of nitrogens with zero attached hydrogens (tertiary/aromatic N) is 3. The maximum absolute atomic E-state index is 8.68. The van der Waals surface area contributed by atoms with Crippen LogP contribution >= 0.6 is 12.2 Å². The summed E-state index contributed by atoms with van der Waals surface area (Å²) in [5, 5.41) is 15.6. The molecule has 124 valence electrons. The number of nitriles is 1. The molecule has 6 heteroatoms. The van der Waals surface area contributed by atoms with Crippen LogP contribution in [-0.4, -0.2) is 14.7 Å². The standard InChI is InChI=1S/C19H17N5S/c20-10-9-15-1-5-17(6-2-15)23-19(25)22-13-16-3-7-18(8-4-16)24-12-11-21-14-24/h1-8,11-12,14H,9,13H2,(H2,22,23,25). The molecule has 0 aliphatic heterocycles. The van der Waals surface area contributed by atoms with Gasteiger partial charge in [-0.25, -0.2) is 4.98 Å². The van der Waals surface area contributed by atoms with Crippen LogP contribution in [0, 0.1) is 11.3 Å². The number of hydrogen-bond donors (Lipinski definition) is 2. The van der Waals surface area contributed by atoms with Gasteiger partial charge in [0.1, 0.15) is 0 Å². The number of hydrogen-bond acceptors (Lipinski definition) is 3. The fraction of sp³-hybridized carbons (Fsp3) is 0.105. The Morgan fingerprint density at radius 2 is 1.80 bits per heavy atom. The van der Waals surface area contributed by atoms with Crippen LogP contribution in [0.15, 0.2) is 67.3 Å². The fourth-order valence-corrected chi connectivity index (χ4v) is 2.54. The normalized spacial score (nSPS) is 10.0. The third-order valence-corrected chi connectivity index (χ3v) is 3.93. The number of nitrogens with one attached hydrogen (secondary N) is 2. The Kier molecular flexibility index (Phi) is 5.39. The topological polar surface area (TPSA) is 65.7 Å². The van der Waals surface area contributed by atoms with Gasteiger partial charge in [-0.2, -0.15) is 5.26 Å². The lowest BCUT2D eigenvalue weighted by Gasteiger charge is -2.11. The van der Waals surface area contributed by atoms with Crippen LogP contribution in [0.4, 0.5) is 5.69 Å². The second-order valence-electron chi connectivity index (χ2n) is 5.48. The monoisotopic (exact) mass is 347 g/mol. The van der Waals surface area contributed by atoms with E-state index >= 15 is 0 Å². The number of imidazole rings is 1. The lowest BCUT2D eigenvalue weighted by molar-refractivity contribution is 0.923. The van der Waals surface area contributed by atoms with E-state index in [4.69, 9.17) is 17.5 Å². The molecule has 2 aromatic carbocycles. The average molecular weight is 347 g/mol. The van der Waals surface area contributed by atoms with Gasteiger partial charge in [-0.1, -0.05) is 24.3 Å². The summed E-state index contributed by atoms with van der Waals surface area (Å²) in [6.07, 6.45) is 5.85. The van der Waals surface area contributed by atoms with Gasteiger partial charge in [0.15, 0.2) is 5.11 Å². The van der Waals surface area contributed by atoms with Gasteiger partial charge in [-0.3, -0.25) is 0 Å². The molecular formula is C19H17N5S. The second kappa shape index (κ2) is 8.08. The van der Waals surface area contributed by atoms with Crippen LogP contribution in [0.3, 0.4) is 0 Å². The maximum Gasteiger partial charge on any atom is 0.171 e. The lowest BCUT2D eigenvalue weighted by Crippen LogP contribution is -2.27. The Hall–Kier alpha value is -3.17. The molecule has 25 heavy (non-hydrogen) atoms. The first-order valence-corrected chi connectivity index (χ1v) is 8.23. The molecule has 0 amide bonds. The lowest BCUT2D eigenvalue weighted by atomic mass is 10.1. The van der Waals surface area contributed by atoms with E-state index in [0.717, 1.165) is 22.5 Å². The van der Waals surface area contributed by atoms with Crippen molar-refractivity contribution in [3.8, 4) is 11.8 Å². The molecule has 0 radical (unpaired) electrons. The van der Waals surface area contributed by atoms with Gasteiger partial charge < -0.3 is 15.2 Å². The highest BCUT2D eigenvalue weighted by atomic mass is 32.1. The highest BCUT2D eigenvalue weighted by Gasteiger charge is 2.00. The first-order chi connectivity index (χ1) is 12.2. The van der Waals surface area contributed by atoms with Crippen molar-refractivity contribution in [1.29, 1.82) is 5.26 Å². The van der Waals surface area contributed by atoms with E-state index < -0.39 is 0 Å². The summed E-state index contributed by atoms with van der Waals surface area (Å²) < 4.78 is 1.96. The molecule has 5 nitrogen and oxygen atoms in total. The van der Waals surface area contributed by atoms with Crippen LogP contribution in [-0.2, 0) is 13.0 Å². The smallest absolute Gasteiger partial charge is 0.171 e. The molecule has 2 N–H and O–H groups in total. The molecule has 0 saturated heterocycles. The SMILES string of the molecule is N#CCc1ccc(NC(=S)NCc2ccc(-n3ccnc3)cc2)cc1. The number of benzene rings is 2. The molecule has 0 aliphatic rings. The van der Waals surface area contributed by atoms with E-state index in [-0.39, 0.29) is 0 Å². The predicted octanol–water partition coefficient (Wildman–Crippen LogP) is 3.42. The summed E-state index contributed by atoms with van der Waals surface area (Å²) in [4.78, 5) is 4.05. The maximum atomic E-state index is 8.68. The highest BCUT2D eigenvalue weighted by Crippen LogP contribution is 2.11. The Labute approximate surface area is 151 Å². The molecule has 3 rings (SSSR count). The molecule has 0 saturated carbocycles. The summed E-state index contributed by atoms with van der Waals surface area (Å²) >= 11 is 5.32. The Balaban J connectivity index is 1.51. The van der Waals surface area contributed by atoms with E-state index in [0.29, 0.717) is 18.1 Å². The van der Waals surface area contributed by atoms with Gasteiger partial charge in [0.2, 0.25) is 0 Å². The third-order valence-electron chi connectivity index (χ3n) is 3.69. The minimum absolute atomic E-state index is 0.415. The van der Waals surface area contributed by atoms with E-state index in [1.54, 1.807) is 12.5 Å². The van der Waals surface area contributed by atoms with Crippen molar-refractivity contribution in [2.24, 2.45) is 0 Å². The van der Waals surface area contributed by atoms with Crippen molar-refractivity contribution in [3.63, 3.8) is 0 Å². The van der Waals surface area contributed by atoms with E-state index in [1.807, 2.05) is 47.2 Å². The molecule has 0 spiro atoms. The summed E-state index contributed by atoms with van der Waals surface area (Å²) in [6, 6.07) is 18.0. The zero-order valence-corrected chi connectivity index (χ0v) is 14.3. The van der Waals surface area contributed by atoms with Gasteiger partial charge in [-0.15, -0.1) is 0 Å². The minimum Gasteiger partial charge on any atom is -0.358 e. The van der Waals surface area contributed by atoms with Gasteiger partial charge in [0, 0.05) is 30.3 Å². The first-order valence-electron chi connectivity index (χ1n) is 7.82. The molecule has 1 heterocycles. The Morgan fingerprint density at radius 1 is 1.08 bits per heavy atom. The molecular weight excluding hydrogens is 330 g/mol. The molecule has 0 atom stereocenters. The number of rotatable bonds is 5. The molecule has 0 bridgehead atoms.